The van der Waals surface area contributed by atoms with Gasteiger partial charge in [0.15, 0.2) is 0 Å². The van der Waals surface area contributed by atoms with Crippen LogP contribution >= 0.6 is 22.7 Å². The smallest absolute Gasteiger partial charge is 0.143 e. The Bertz CT molecular complexity index is 7480. The predicted octanol–water partition coefficient (Wildman–Crippen LogP) is 31.1. The number of thiophene rings is 2. The van der Waals surface area contributed by atoms with Gasteiger partial charge in [-0.1, -0.05) is 285 Å². The van der Waals surface area contributed by atoms with E-state index in [2.05, 4.69) is 392 Å². The van der Waals surface area contributed by atoms with Gasteiger partial charge in [0.05, 0.1) is 11.4 Å². The molecule has 0 amide bonds. The van der Waals surface area contributed by atoms with Gasteiger partial charge in [-0.05, 0) is 175 Å². The first-order chi connectivity index (χ1) is 54.5. The first-order valence-electron chi connectivity index (χ1n) is 37.4. The first-order valence-corrected chi connectivity index (χ1v) is 39.0. The van der Waals surface area contributed by atoms with Crippen LogP contribution in [-0.4, -0.2) is 0 Å². The largest absolute Gasteiger partial charge is 0.455 e. The maximum Gasteiger partial charge on any atom is 0.143 e. The molecule has 0 spiro atoms. The molecule has 0 atom stereocenters. The molecule has 0 saturated carbocycles. The standard InChI is InChI=1S/C104H64N2O2S2/c1-2-22-66-57-70(50-49-65(66)21-1)67-23-13-28-78(60-67)106(80-30-16-26-75(63-80)82-37-18-43-94-87-35-7-12-48-99(87)110-104(82)94)96-45-9-4-32-84(96)90-39-20-42-93-92-41-17-36-81(101(92)108-103(90)93)76-54-53-72-58-71(51-52-73(72)59-76)68-24-14-27-77(61-68)105(79-29-15-25-69(62-79)74-55-56-88-86-34-6-11-47-98(86)109-100(88)64-74)95-44-8-3-31-83(95)89-38-19-40-91-85-33-5-10-46-97(85)107-102(89)91/h1-64H. The van der Waals surface area contributed by atoms with Crippen molar-refractivity contribution in [1.82, 2.24) is 0 Å². The molecule has 0 aliphatic carbocycles. The van der Waals surface area contributed by atoms with Crippen molar-refractivity contribution >= 4 is 163 Å². The summed E-state index contributed by atoms with van der Waals surface area (Å²) in [6.07, 6.45) is 0. The van der Waals surface area contributed by atoms with Crippen molar-refractivity contribution in [3.63, 3.8) is 0 Å². The molecular weight excluding hydrogens is 1370 g/mol. The molecule has 0 bridgehead atoms. The molecule has 0 fully saturated rings. The summed E-state index contributed by atoms with van der Waals surface area (Å²) in [6, 6.07) is 142. The van der Waals surface area contributed by atoms with Gasteiger partial charge in [-0.15, -0.1) is 22.7 Å². The lowest BCUT2D eigenvalue weighted by Gasteiger charge is -2.29. The number of para-hydroxylation sites is 6. The number of fused-ring (bicyclic) bond motifs is 14. The summed E-state index contributed by atoms with van der Waals surface area (Å²) in [4.78, 5) is 4.86. The van der Waals surface area contributed by atoms with Gasteiger partial charge in [-0.2, -0.15) is 0 Å². The van der Waals surface area contributed by atoms with Crippen LogP contribution in [-0.2, 0) is 0 Å². The van der Waals surface area contributed by atoms with E-state index < -0.39 is 0 Å². The van der Waals surface area contributed by atoms with Crippen LogP contribution in [0, 0.1) is 0 Å². The van der Waals surface area contributed by atoms with Gasteiger partial charge in [-0.3, -0.25) is 0 Å². The molecule has 0 saturated heterocycles. The van der Waals surface area contributed by atoms with Crippen LogP contribution in [0.3, 0.4) is 0 Å². The third-order valence-electron chi connectivity index (χ3n) is 22.2. The highest BCUT2D eigenvalue weighted by molar-refractivity contribution is 7.26. The van der Waals surface area contributed by atoms with E-state index in [0.717, 1.165) is 156 Å². The van der Waals surface area contributed by atoms with Crippen molar-refractivity contribution in [3.05, 3.63) is 388 Å². The zero-order valence-electron chi connectivity index (χ0n) is 59.5. The second kappa shape index (κ2) is 26.0. The number of rotatable bonds is 13. The van der Waals surface area contributed by atoms with E-state index >= 15 is 0 Å². The molecule has 22 rings (SSSR count). The van der Waals surface area contributed by atoms with E-state index in [4.69, 9.17) is 8.83 Å². The lowest BCUT2D eigenvalue weighted by atomic mass is 9.96. The molecule has 0 aliphatic heterocycles. The zero-order valence-corrected chi connectivity index (χ0v) is 61.1. The molecule has 4 heterocycles. The lowest BCUT2D eigenvalue weighted by Crippen LogP contribution is -2.11. The number of hydrogen-bond donors (Lipinski definition) is 0. The average Bonchev–Trinajstić information content (AvgIpc) is 1.52. The maximum absolute atomic E-state index is 7.40. The fourth-order valence-corrected chi connectivity index (χ4v) is 19.4. The molecule has 4 aromatic heterocycles. The molecule has 0 unspecified atom stereocenters. The molecule has 0 aliphatic rings. The summed E-state index contributed by atoms with van der Waals surface area (Å²) in [7, 11) is 0. The lowest BCUT2D eigenvalue weighted by molar-refractivity contribution is 0.670. The van der Waals surface area contributed by atoms with E-state index in [1.54, 1.807) is 0 Å². The minimum atomic E-state index is 0.841. The Kier molecular flexibility index (Phi) is 15.0. The minimum Gasteiger partial charge on any atom is -0.455 e. The number of nitrogens with zero attached hydrogens (tertiary/aromatic N) is 2. The molecule has 0 N–H and O–H groups in total. The highest BCUT2D eigenvalue weighted by atomic mass is 32.1. The molecule has 6 heteroatoms. The van der Waals surface area contributed by atoms with Gasteiger partial charge in [0.1, 0.15) is 22.3 Å². The quantitative estimate of drug-likeness (QED) is 0.115. The molecule has 514 valence electrons. The summed E-state index contributed by atoms with van der Waals surface area (Å²) in [5.41, 5.74) is 25.2. The van der Waals surface area contributed by atoms with Crippen LogP contribution < -0.4 is 9.80 Å². The highest BCUT2D eigenvalue weighted by Gasteiger charge is 2.26. The number of benzene rings is 18. The van der Waals surface area contributed by atoms with Crippen molar-refractivity contribution < 1.29 is 8.83 Å². The number of hydrogen-bond acceptors (Lipinski definition) is 6. The topological polar surface area (TPSA) is 32.8 Å². The van der Waals surface area contributed by atoms with Crippen LogP contribution in [0.5, 0.6) is 0 Å². The average molecular weight is 1440 g/mol. The number of furan rings is 2. The summed E-state index contributed by atoms with van der Waals surface area (Å²) in [6.45, 7) is 0. The fourth-order valence-electron chi connectivity index (χ4n) is 17.0. The van der Waals surface area contributed by atoms with Crippen LogP contribution in [0.2, 0.25) is 0 Å². The van der Waals surface area contributed by atoms with E-state index in [1.807, 2.05) is 28.7 Å². The Morgan fingerprint density at radius 3 is 1.18 bits per heavy atom. The second-order valence-corrected chi connectivity index (χ2v) is 30.7. The minimum absolute atomic E-state index is 0.841. The van der Waals surface area contributed by atoms with E-state index in [1.165, 1.54) is 62.2 Å². The van der Waals surface area contributed by atoms with Crippen molar-refractivity contribution in [2.24, 2.45) is 0 Å². The van der Waals surface area contributed by atoms with Gasteiger partial charge in [0.25, 0.3) is 0 Å². The van der Waals surface area contributed by atoms with Gasteiger partial charge in [0, 0.05) is 112 Å². The molecule has 22 aromatic rings. The molecule has 4 nitrogen and oxygen atoms in total. The van der Waals surface area contributed by atoms with Crippen LogP contribution in [0.25, 0.3) is 184 Å². The van der Waals surface area contributed by atoms with Crippen molar-refractivity contribution in [2.45, 2.75) is 0 Å². The highest BCUT2D eigenvalue weighted by Crippen LogP contribution is 2.51. The van der Waals surface area contributed by atoms with Crippen molar-refractivity contribution in [2.75, 3.05) is 9.80 Å². The summed E-state index contributed by atoms with van der Waals surface area (Å²) < 4.78 is 19.3. The maximum atomic E-state index is 7.40. The van der Waals surface area contributed by atoms with E-state index in [-0.39, 0.29) is 0 Å². The Balaban J connectivity index is 0.632. The van der Waals surface area contributed by atoms with Gasteiger partial charge >= 0.3 is 0 Å². The van der Waals surface area contributed by atoms with Crippen LogP contribution in [0.15, 0.2) is 397 Å². The predicted molar refractivity (Wildman–Crippen MR) is 469 cm³/mol. The van der Waals surface area contributed by atoms with E-state index in [9.17, 15) is 0 Å². The monoisotopic (exact) mass is 1440 g/mol. The second-order valence-electron chi connectivity index (χ2n) is 28.6. The summed E-state index contributed by atoms with van der Waals surface area (Å²) in [5, 5.41) is 14.2. The van der Waals surface area contributed by atoms with Crippen LogP contribution in [0.4, 0.5) is 34.1 Å². The fraction of sp³-hybridized carbons (Fsp3) is 0. The van der Waals surface area contributed by atoms with Crippen molar-refractivity contribution in [1.29, 1.82) is 0 Å². The molecule has 0 radical (unpaired) electrons. The Morgan fingerprint density at radius 2 is 0.555 bits per heavy atom. The Morgan fingerprint density at radius 1 is 0.191 bits per heavy atom. The summed E-state index contributed by atoms with van der Waals surface area (Å²) in [5.74, 6) is 0. The van der Waals surface area contributed by atoms with Crippen molar-refractivity contribution in [3.8, 4) is 77.9 Å². The van der Waals surface area contributed by atoms with Crippen LogP contribution in [0.1, 0.15) is 0 Å². The summed E-state index contributed by atoms with van der Waals surface area (Å²) >= 11 is 3.72. The van der Waals surface area contributed by atoms with Gasteiger partial charge < -0.3 is 18.6 Å². The van der Waals surface area contributed by atoms with Gasteiger partial charge in [-0.25, -0.2) is 0 Å². The first kappa shape index (κ1) is 63.4. The van der Waals surface area contributed by atoms with Gasteiger partial charge in [0.2, 0.25) is 0 Å². The van der Waals surface area contributed by atoms with E-state index in [0.29, 0.717) is 0 Å². The zero-order chi connectivity index (χ0) is 72.3. The normalized spacial score (nSPS) is 11.8. The SMILES string of the molecule is c1cc(-c2ccc3cc(-c4cccc5c4oc4c(-c6ccccc6N(c6cccc(-c7ccc8ccccc8c7)c6)c6cccc(-c7cccc8c7sc7ccccc78)c6)cccc45)ccc3c2)cc(N(c2cccc(-c3ccc4c(c3)sc3ccccc34)c2)c2ccccc2-c2cccc3c2oc2ccccc23)c1. The third-order valence-corrected chi connectivity index (χ3v) is 24.6. The Labute approximate surface area is 642 Å². The molecular formula is C104H64N2O2S2. The third kappa shape index (κ3) is 10.7. The Hall–Kier alpha value is -13.9. The number of anilines is 6. The molecule has 110 heavy (non-hydrogen) atoms. The molecule has 18 aromatic carbocycles.